The van der Waals surface area contributed by atoms with Crippen LogP contribution in [0.3, 0.4) is 0 Å². The molecule has 1 aromatic carbocycles. The summed E-state index contributed by atoms with van der Waals surface area (Å²) in [6.45, 7) is 0. The van der Waals surface area contributed by atoms with E-state index in [2.05, 4.69) is 4.98 Å². The fourth-order valence-electron chi connectivity index (χ4n) is 1.40. The van der Waals surface area contributed by atoms with Crippen molar-refractivity contribution in [2.75, 3.05) is 0 Å². The Morgan fingerprint density at radius 1 is 1.06 bits per heavy atom. The molecular formula is C14H8Cl2N2. The van der Waals surface area contributed by atoms with Gasteiger partial charge in [-0.15, -0.1) is 0 Å². The Hall–Kier alpha value is -1.82. The van der Waals surface area contributed by atoms with E-state index in [1.165, 1.54) is 0 Å². The summed E-state index contributed by atoms with van der Waals surface area (Å²) in [4.78, 5) is 4.14. The van der Waals surface area contributed by atoms with Crippen LogP contribution < -0.4 is 0 Å². The van der Waals surface area contributed by atoms with Crippen molar-refractivity contribution in [3.05, 3.63) is 63.4 Å². The Morgan fingerprint density at radius 3 is 2.61 bits per heavy atom. The van der Waals surface area contributed by atoms with Gasteiger partial charge < -0.3 is 0 Å². The summed E-state index contributed by atoms with van der Waals surface area (Å²) in [6, 6.07) is 12.7. The Morgan fingerprint density at radius 2 is 1.89 bits per heavy atom. The normalized spacial score (nSPS) is 10.5. The van der Waals surface area contributed by atoms with E-state index in [4.69, 9.17) is 28.5 Å². The number of hydrogen-bond donors (Lipinski definition) is 0. The molecule has 0 N–H and O–H groups in total. The summed E-state index contributed by atoms with van der Waals surface area (Å²) in [5, 5.41) is 9.78. The molecule has 0 bridgehead atoms. The van der Waals surface area contributed by atoms with Crippen LogP contribution in [0.4, 0.5) is 0 Å². The zero-order valence-corrected chi connectivity index (χ0v) is 10.8. The summed E-state index contributed by atoms with van der Waals surface area (Å²) in [7, 11) is 0. The molecule has 18 heavy (non-hydrogen) atoms. The van der Waals surface area contributed by atoms with Crippen molar-refractivity contribution in [2.24, 2.45) is 0 Å². The predicted molar refractivity (Wildman–Crippen MR) is 74.3 cm³/mol. The Labute approximate surface area is 115 Å². The van der Waals surface area contributed by atoms with Crippen molar-refractivity contribution >= 4 is 35.4 Å². The van der Waals surface area contributed by atoms with Crippen LogP contribution in [-0.2, 0) is 0 Å². The van der Waals surface area contributed by atoms with Crippen LogP contribution in [0.15, 0.2) is 36.4 Å². The molecule has 1 heterocycles. The maximum Gasteiger partial charge on any atom is 0.141 e. The lowest BCUT2D eigenvalue weighted by Crippen LogP contribution is -1.84. The quantitative estimate of drug-likeness (QED) is 0.812. The van der Waals surface area contributed by atoms with E-state index in [0.29, 0.717) is 15.7 Å². The highest BCUT2D eigenvalue weighted by Crippen LogP contribution is 2.23. The standard InChI is InChI=1S/C14H8Cl2N2/c15-13-7-5-10(8-14(13)16)4-6-11-2-1-3-12(9-17)18-11/h1-8H. The largest absolute Gasteiger partial charge is 0.238 e. The maximum atomic E-state index is 8.75. The van der Waals surface area contributed by atoms with Gasteiger partial charge in [-0.2, -0.15) is 5.26 Å². The first-order valence-corrected chi connectivity index (χ1v) is 5.95. The van der Waals surface area contributed by atoms with E-state index >= 15 is 0 Å². The summed E-state index contributed by atoms with van der Waals surface area (Å²) in [5.41, 5.74) is 2.04. The minimum absolute atomic E-state index is 0.395. The molecule has 0 spiro atoms. The van der Waals surface area contributed by atoms with Crippen molar-refractivity contribution in [3.8, 4) is 6.07 Å². The Kier molecular flexibility index (Phi) is 3.99. The van der Waals surface area contributed by atoms with Crippen LogP contribution in [0.1, 0.15) is 17.0 Å². The lowest BCUT2D eigenvalue weighted by Gasteiger charge is -1.98. The predicted octanol–water partition coefficient (Wildman–Crippen LogP) is 4.43. The second-order valence-electron chi connectivity index (χ2n) is 3.57. The van der Waals surface area contributed by atoms with Crippen LogP contribution >= 0.6 is 23.2 Å². The average Bonchev–Trinajstić information content (AvgIpc) is 2.40. The SMILES string of the molecule is N#Cc1cccc(C=Cc2ccc(Cl)c(Cl)c2)n1. The highest BCUT2D eigenvalue weighted by molar-refractivity contribution is 6.42. The highest BCUT2D eigenvalue weighted by Gasteiger charge is 1.97. The molecule has 0 saturated heterocycles. The monoisotopic (exact) mass is 274 g/mol. The fourth-order valence-corrected chi connectivity index (χ4v) is 1.71. The van der Waals surface area contributed by atoms with E-state index in [9.17, 15) is 0 Å². The lowest BCUT2D eigenvalue weighted by atomic mass is 10.2. The molecule has 0 saturated carbocycles. The number of halogens is 2. The van der Waals surface area contributed by atoms with Crippen molar-refractivity contribution in [1.82, 2.24) is 4.98 Å². The second-order valence-corrected chi connectivity index (χ2v) is 4.38. The molecule has 0 fully saturated rings. The number of benzene rings is 1. The van der Waals surface area contributed by atoms with Gasteiger partial charge in [0.25, 0.3) is 0 Å². The van der Waals surface area contributed by atoms with E-state index < -0.39 is 0 Å². The zero-order valence-electron chi connectivity index (χ0n) is 9.27. The van der Waals surface area contributed by atoms with Crippen molar-refractivity contribution < 1.29 is 0 Å². The molecule has 0 aliphatic rings. The van der Waals surface area contributed by atoms with E-state index in [0.717, 1.165) is 11.3 Å². The summed E-state index contributed by atoms with van der Waals surface area (Å²) >= 11 is 11.8. The van der Waals surface area contributed by atoms with E-state index in [1.807, 2.05) is 30.4 Å². The van der Waals surface area contributed by atoms with Crippen LogP contribution in [0.2, 0.25) is 10.0 Å². The first-order chi connectivity index (χ1) is 8.69. The third kappa shape index (κ3) is 3.10. The van der Waals surface area contributed by atoms with Crippen molar-refractivity contribution in [3.63, 3.8) is 0 Å². The fraction of sp³-hybridized carbons (Fsp3) is 0. The molecule has 2 aromatic rings. The summed E-state index contributed by atoms with van der Waals surface area (Å²) in [5.74, 6) is 0. The Bertz CT molecular complexity index is 642. The molecule has 88 valence electrons. The van der Waals surface area contributed by atoms with E-state index in [-0.39, 0.29) is 0 Å². The molecule has 1 aromatic heterocycles. The number of nitriles is 1. The van der Waals surface area contributed by atoms with Gasteiger partial charge in [-0.05, 0) is 35.9 Å². The minimum Gasteiger partial charge on any atom is -0.238 e. The van der Waals surface area contributed by atoms with Crippen molar-refractivity contribution in [2.45, 2.75) is 0 Å². The maximum absolute atomic E-state index is 8.75. The van der Waals surface area contributed by atoms with Crippen LogP contribution in [0.25, 0.3) is 12.2 Å². The smallest absolute Gasteiger partial charge is 0.141 e. The van der Waals surface area contributed by atoms with Gasteiger partial charge in [0.2, 0.25) is 0 Å². The van der Waals surface area contributed by atoms with Gasteiger partial charge in [0.15, 0.2) is 0 Å². The number of hydrogen-bond acceptors (Lipinski definition) is 2. The van der Waals surface area contributed by atoms with Gasteiger partial charge in [-0.3, -0.25) is 0 Å². The number of rotatable bonds is 2. The van der Waals surface area contributed by atoms with Crippen molar-refractivity contribution in [1.29, 1.82) is 5.26 Å². The van der Waals surface area contributed by atoms with Crippen LogP contribution in [-0.4, -0.2) is 4.98 Å². The van der Waals surface area contributed by atoms with Crippen LogP contribution in [0, 0.1) is 11.3 Å². The van der Waals surface area contributed by atoms with Gasteiger partial charge in [-0.25, -0.2) is 4.98 Å². The molecule has 4 heteroatoms. The van der Waals surface area contributed by atoms with Gasteiger partial charge in [0, 0.05) is 0 Å². The average molecular weight is 275 g/mol. The molecular weight excluding hydrogens is 267 g/mol. The van der Waals surface area contributed by atoms with Gasteiger partial charge in [0.1, 0.15) is 11.8 Å². The molecule has 2 rings (SSSR count). The number of nitrogens with zero attached hydrogens (tertiary/aromatic N) is 2. The van der Waals surface area contributed by atoms with Crippen LogP contribution in [0.5, 0.6) is 0 Å². The molecule has 0 unspecified atom stereocenters. The first kappa shape index (κ1) is 12.6. The zero-order chi connectivity index (χ0) is 13.0. The third-order valence-electron chi connectivity index (χ3n) is 2.28. The lowest BCUT2D eigenvalue weighted by molar-refractivity contribution is 1.24. The minimum atomic E-state index is 0.395. The number of pyridine rings is 1. The molecule has 2 nitrogen and oxygen atoms in total. The first-order valence-electron chi connectivity index (χ1n) is 5.19. The van der Waals surface area contributed by atoms with Gasteiger partial charge in [-0.1, -0.05) is 41.4 Å². The molecule has 0 atom stereocenters. The van der Waals surface area contributed by atoms with Gasteiger partial charge in [0.05, 0.1) is 15.7 Å². The molecule has 0 radical (unpaired) electrons. The third-order valence-corrected chi connectivity index (χ3v) is 3.01. The Balaban J connectivity index is 2.24. The van der Waals surface area contributed by atoms with E-state index in [1.54, 1.807) is 24.3 Å². The molecule has 0 amide bonds. The highest BCUT2D eigenvalue weighted by atomic mass is 35.5. The topological polar surface area (TPSA) is 36.7 Å². The molecule has 0 aliphatic heterocycles. The van der Waals surface area contributed by atoms with Gasteiger partial charge >= 0.3 is 0 Å². The molecule has 0 aliphatic carbocycles. The summed E-state index contributed by atoms with van der Waals surface area (Å²) in [6.07, 6.45) is 3.69. The number of aromatic nitrogens is 1. The second kappa shape index (κ2) is 5.68. The summed E-state index contributed by atoms with van der Waals surface area (Å²) < 4.78 is 0.